The Morgan fingerprint density at radius 2 is 2.17 bits per heavy atom. The van der Waals surface area contributed by atoms with E-state index in [1.165, 1.54) is 32.4 Å². The molecule has 1 aliphatic carbocycles. The maximum atomic E-state index is 5.44. The van der Waals surface area contributed by atoms with Crippen LogP contribution in [-0.2, 0) is 0 Å². The van der Waals surface area contributed by atoms with Crippen molar-refractivity contribution in [1.29, 1.82) is 0 Å². The lowest BCUT2D eigenvalue weighted by Crippen LogP contribution is -2.36. The summed E-state index contributed by atoms with van der Waals surface area (Å²) in [4.78, 5) is 2.62. The quantitative estimate of drug-likeness (QED) is 0.611. The van der Waals surface area contributed by atoms with Crippen molar-refractivity contribution < 1.29 is 0 Å². The maximum Gasteiger partial charge on any atom is 0.0207 e. The normalized spacial score (nSPS) is 31.2. The van der Waals surface area contributed by atoms with Crippen LogP contribution in [0.1, 0.15) is 19.3 Å². The molecule has 0 aromatic heterocycles. The van der Waals surface area contributed by atoms with E-state index in [4.69, 9.17) is 5.73 Å². The lowest BCUT2D eigenvalue weighted by atomic mass is 10.2. The third kappa shape index (κ3) is 1.97. The molecule has 1 saturated heterocycles. The van der Waals surface area contributed by atoms with Crippen molar-refractivity contribution in [1.82, 2.24) is 10.2 Å². The zero-order valence-corrected chi connectivity index (χ0v) is 7.63. The Morgan fingerprint density at radius 3 is 2.83 bits per heavy atom. The van der Waals surface area contributed by atoms with Crippen LogP contribution in [-0.4, -0.2) is 43.2 Å². The second kappa shape index (κ2) is 3.73. The SMILES string of the molecule is NCCNC1CCN(C2CC2)C1. The summed E-state index contributed by atoms with van der Waals surface area (Å²) in [6, 6.07) is 1.66. The molecular weight excluding hydrogens is 150 g/mol. The molecule has 2 aliphatic rings. The molecule has 3 N–H and O–H groups in total. The molecule has 0 aromatic rings. The molecule has 1 atom stereocenters. The Balaban J connectivity index is 1.67. The van der Waals surface area contributed by atoms with Crippen LogP contribution in [0.5, 0.6) is 0 Å². The Morgan fingerprint density at radius 1 is 1.33 bits per heavy atom. The first-order chi connectivity index (χ1) is 5.90. The van der Waals surface area contributed by atoms with Gasteiger partial charge < -0.3 is 11.1 Å². The minimum atomic E-state index is 0.717. The number of nitrogens with one attached hydrogen (secondary N) is 1. The van der Waals surface area contributed by atoms with Crippen LogP contribution < -0.4 is 11.1 Å². The zero-order chi connectivity index (χ0) is 8.39. The third-order valence-corrected chi connectivity index (χ3v) is 2.86. The van der Waals surface area contributed by atoms with E-state index >= 15 is 0 Å². The van der Waals surface area contributed by atoms with Crippen molar-refractivity contribution in [3.63, 3.8) is 0 Å². The molecule has 0 amide bonds. The highest BCUT2D eigenvalue weighted by molar-refractivity contribution is 4.91. The number of nitrogens with zero attached hydrogens (tertiary/aromatic N) is 1. The third-order valence-electron chi connectivity index (χ3n) is 2.86. The van der Waals surface area contributed by atoms with Gasteiger partial charge in [-0.1, -0.05) is 0 Å². The van der Waals surface area contributed by atoms with Crippen molar-refractivity contribution in [2.24, 2.45) is 5.73 Å². The number of rotatable bonds is 4. The number of hydrogen-bond donors (Lipinski definition) is 2. The van der Waals surface area contributed by atoms with Gasteiger partial charge in [0.2, 0.25) is 0 Å². The molecule has 0 aromatic carbocycles. The van der Waals surface area contributed by atoms with Gasteiger partial charge in [0, 0.05) is 38.3 Å². The first-order valence-corrected chi connectivity index (χ1v) is 5.07. The summed E-state index contributed by atoms with van der Waals surface area (Å²) < 4.78 is 0. The van der Waals surface area contributed by atoms with Crippen molar-refractivity contribution in [2.45, 2.75) is 31.3 Å². The zero-order valence-electron chi connectivity index (χ0n) is 7.63. The highest BCUT2D eigenvalue weighted by atomic mass is 15.2. The highest BCUT2D eigenvalue weighted by Crippen LogP contribution is 2.29. The smallest absolute Gasteiger partial charge is 0.0207 e. The molecule has 3 nitrogen and oxygen atoms in total. The Labute approximate surface area is 74.3 Å². The number of hydrogen-bond acceptors (Lipinski definition) is 3. The molecule has 1 saturated carbocycles. The van der Waals surface area contributed by atoms with Gasteiger partial charge in [-0.2, -0.15) is 0 Å². The van der Waals surface area contributed by atoms with E-state index in [0.717, 1.165) is 19.1 Å². The Bertz CT molecular complexity index is 145. The lowest BCUT2D eigenvalue weighted by molar-refractivity contribution is 0.318. The van der Waals surface area contributed by atoms with Crippen molar-refractivity contribution in [3.05, 3.63) is 0 Å². The van der Waals surface area contributed by atoms with E-state index in [1.807, 2.05) is 0 Å². The van der Waals surface area contributed by atoms with Crippen LogP contribution in [0, 0.1) is 0 Å². The average molecular weight is 169 g/mol. The minimum Gasteiger partial charge on any atom is -0.329 e. The minimum absolute atomic E-state index is 0.717. The second-order valence-corrected chi connectivity index (χ2v) is 3.95. The topological polar surface area (TPSA) is 41.3 Å². The molecule has 1 aliphatic heterocycles. The standard InChI is InChI=1S/C9H19N3/c10-4-5-11-8-3-6-12(7-8)9-1-2-9/h8-9,11H,1-7,10H2. The van der Waals surface area contributed by atoms with Gasteiger partial charge in [-0.25, -0.2) is 0 Å². The summed E-state index contributed by atoms with van der Waals surface area (Å²) >= 11 is 0. The second-order valence-electron chi connectivity index (χ2n) is 3.95. The van der Waals surface area contributed by atoms with Gasteiger partial charge in [-0.3, -0.25) is 4.90 Å². The summed E-state index contributed by atoms with van der Waals surface area (Å²) in [7, 11) is 0. The van der Waals surface area contributed by atoms with E-state index in [0.29, 0.717) is 6.04 Å². The molecule has 2 rings (SSSR count). The lowest BCUT2D eigenvalue weighted by Gasteiger charge is -2.15. The summed E-state index contributed by atoms with van der Waals surface area (Å²) in [5.74, 6) is 0. The van der Waals surface area contributed by atoms with Gasteiger partial charge in [0.1, 0.15) is 0 Å². The van der Waals surface area contributed by atoms with Crippen LogP contribution >= 0.6 is 0 Å². The number of likely N-dealkylation sites (tertiary alicyclic amines) is 1. The molecule has 12 heavy (non-hydrogen) atoms. The monoisotopic (exact) mass is 169 g/mol. The van der Waals surface area contributed by atoms with Gasteiger partial charge in [0.05, 0.1) is 0 Å². The Kier molecular flexibility index (Phi) is 2.63. The fraction of sp³-hybridized carbons (Fsp3) is 1.00. The Hall–Kier alpha value is -0.120. The molecule has 1 heterocycles. The van der Waals surface area contributed by atoms with E-state index in [2.05, 4.69) is 10.2 Å². The molecule has 3 heteroatoms. The van der Waals surface area contributed by atoms with Gasteiger partial charge in [0.15, 0.2) is 0 Å². The van der Waals surface area contributed by atoms with Crippen LogP contribution in [0.25, 0.3) is 0 Å². The fourth-order valence-electron chi connectivity index (χ4n) is 2.01. The predicted molar refractivity (Wildman–Crippen MR) is 50.1 cm³/mol. The van der Waals surface area contributed by atoms with Crippen molar-refractivity contribution in [2.75, 3.05) is 26.2 Å². The van der Waals surface area contributed by atoms with Gasteiger partial charge in [0.25, 0.3) is 0 Å². The maximum absolute atomic E-state index is 5.44. The molecule has 1 unspecified atom stereocenters. The number of nitrogens with two attached hydrogens (primary N) is 1. The van der Waals surface area contributed by atoms with Gasteiger partial charge >= 0.3 is 0 Å². The summed E-state index contributed by atoms with van der Waals surface area (Å²) in [6.07, 6.45) is 4.18. The van der Waals surface area contributed by atoms with Crippen molar-refractivity contribution >= 4 is 0 Å². The molecule has 70 valence electrons. The molecule has 0 bridgehead atoms. The highest BCUT2D eigenvalue weighted by Gasteiger charge is 2.33. The van der Waals surface area contributed by atoms with E-state index in [9.17, 15) is 0 Å². The largest absolute Gasteiger partial charge is 0.329 e. The van der Waals surface area contributed by atoms with E-state index < -0.39 is 0 Å². The van der Waals surface area contributed by atoms with Gasteiger partial charge in [-0.15, -0.1) is 0 Å². The molecule has 0 radical (unpaired) electrons. The first kappa shape index (κ1) is 8.48. The summed E-state index contributed by atoms with van der Waals surface area (Å²) in [5, 5.41) is 3.48. The van der Waals surface area contributed by atoms with Crippen LogP contribution in [0.15, 0.2) is 0 Å². The van der Waals surface area contributed by atoms with E-state index in [1.54, 1.807) is 0 Å². The van der Waals surface area contributed by atoms with Gasteiger partial charge in [-0.05, 0) is 19.3 Å². The molecule has 2 fully saturated rings. The van der Waals surface area contributed by atoms with Crippen molar-refractivity contribution in [3.8, 4) is 0 Å². The van der Waals surface area contributed by atoms with Crippen LogP contribution in [0.4, 0.5) is 0 Å². The first-order valence-electron chi connectivity index (χ1n) is 5.07. The van der Waals surface area contributed by atoms with Crippen LogP contribution in [0.3, 0.4) is 0 Å². The molecular formula is C9H19N3. The summed E-state index contributed by atoms with van der Waals surface area (Å²) in [6.45, 7) is 4.29. The summed E-state index contributed by atoms with van der Waals surface area (Å²) in [5.41, 5.74) is 5.44. The van der Waals surface area contributed by atoms with Crippen LogP contribution in [0.2, 0.25) is 0 Å². The predicted octanol–water partition coefficient (Wildman–Crippen LogP) is -0.229. The fourth-order valence-corrected chi connectivity index (χ4v) is 2.01. The van der Waals surface area contributed by atoms with E-state index in [-0.39, 0.29) is 0 Å². The average Bonchev–Trinajstić information content (AvgIpc) is 2.83. The molecule has 0 spiro atoms.